The minimum absolute atomic E-state index is 0.298. The maximum atomic E-state index is 3.72. The fourth-order valence-corrected chi connectivity index (χ4v) is 3.07. The van der Waals surface area contributed by atoms with Crippen molar-refractivity contribution in [2.75, 3.05) is 26.2 Å². The molecule has 1 aromatic carbocycles. The molecule has 1 fully saturated rings. The molecule has 2 atom stereocenters. The lowest BCUT2D eigenvalue weighted by atomic mass is 9.96. The Balaban J connectivity index is 1.86. The van der Waals surface area contributed by atoms with Crippen LogP contribution >= 0.6 is 0 Å². The lowest BCUT2D eigenvalue weighted by molar-refractivity contribution is 0.210. The summed E-state index contributed by atoms with van der Waals surface area (Å²) >= 11 is 0. The highest BCUT2D eigenvalue weighted by molar-refractivity contribution is 5.18. The quantitative estimate of drug-likeness (QED) is 0.882. The van der Waals surface area contributed by atoms with Crippen molar-refractivity contribution < 1.29 is 0 Å². The average molecular weight is 274 g/mol. The van der Waals surface area contributed by atoms with Crippen LogP contribution in [0.2, 0.25) is 0 Å². The summed E-state index contributed by atoms with van der Waals surface area (Å²) in [5.74, 6) is 0.653. The van der Waals surface area contributed by atoms with E-state index in [-0.39, 0.29) is 0 Å². The van der Waals surface area contributed by atoms with Crippen molar-refractivity contribution in [1.82, 2.24) is 10.2 Å². The molecule has 0 aromatic heterocycles. The summed E-state index contributed by atoms with van der Waals surface area (Å²) in [5.41, 5.74) is 1.77. The predicted octanol–water partition coefficient (Wildman–Crippen LogP) is 3.64. The van der Waals surface area contributed by atoms with Gasteiger partial charge in [0.15, 0.2) is 0 Å². The van der Waals surface area contributed by atoms with E-state index < -0.39 is 0 Å². The Morgan fingerprint density at radius 2 is 2.05 bits per heavy atom. The molecule has 112 valence electrons. The molecule has 0 saturated carbocycles. The summed E-state index contributed by atoms with van der Waals surface area (Å²) in [7, 11) is 0. The number of nitrogens with one attached hydrogen (secondary N) is 1. The third-order valence-corrected chi connectivity index (χ3v) is 4.80. The maximum Gasteiger partial charge on any atom is 0.0277 e. The van der Waals surface area contributed by atoms with E-state index in [0.717, 1.165) is 6.54 Å². The van der Waals surface area contributed by atoms with Crippen LogP contribution in [-0.2, 0) is 0 Å². The highest BCUT2D eigenvalue weighted by atomic mass is 15.2. The van der Waals surface area contributed by atoms with Crippen molar-refractivity contribution in [2.24, 2.45) is 0 Å². The van der Waals surface area contributed by atoms with Gasteiger partial charge in [0.1, 0.15) is 0 Å². The summed E-state index contributed by atoms with van der Waals surface area (Å²) in [5, 5.41) is 3.72. The van der Waals surface area contributed by atoms with E-state index in [9.17, 15) is 0 Å². The largest absolute Gasteiger partial charge is 0.310 e. The second-order valence-electron chi connectivity index (χ2n) is 6.57. The van der Waals surface area contributed by atoms with E-state index in [0.29, 0.717) is 11.5 Å². The van der Waals surface area contributed by atoms with Crippen molar-refractivity contribution in [3.05, 3.63) is 35.9 Å². The van der Waals surface area contributed by atoms with Crippen LogP contribution in [-0.4, -0.2) is 36.6 Å². The molecule has 20 heavy (non-hydrogen) atoms. The van der Waals surface area contributed by atoms with Crippen molar-refractivity contribution in [2.45, 2.75) is 51.5 Å². The van der Waals surface area contributed by atoms with Crippen LogP contribution < -0.4 is 5.32 Å². The predicted molar refractivity (Wildman–Crippen MR) is 87.2 cm³/mol. The van der Waals surface area contributed by atoms with Crippen LogP contribution in [0.3, 0.4) is 0 Å². The maximum absolute atomic E-state index is 3.72. The summed E-state index contributed by atoms with van der Waals surface area (Å²) < 4.78 is 0. The van der Waals surface area contributed by atoms with Gasteiger partial charge in [0, 0.05) is 12.1 Å². The normalized spacial score (nSPS) is 26.1. The Bertz CT molecular complexity index is 390. The molecule has 1 aliphatic rings. The Labute approximate surface area is 124 Å². The van der Waals surface area contributed by atoms with Gasteiger partial charge in [-0.25, -0.2) is 0 Å². The first-order valence-electron chi connectivity index (χ1n) is 8.15. The second-order valence-corrected chi connectivity index (χ2v) is 6.57. The second kappa shape index (κ2) is 7.24. The van der Waals surface area contributed by atoms with Crippen molar-refractivity contribution in [3.8, 4) is 0 Å². The van der Waals surface area contributed by atoms with Gasteiger partial charge in [0.2, 0.25) is 0 Å². The summed E-state index contributed by atoms with van der Waals surface area (Å²) in [6.07, 6.45) is 3.73. The number of hydrogen-bond donors (Lipinski definition) is 1. The van der Waals surface area contributed by atoms with E-state index in [1.54, 1.807) is 0 Å². The topological polar surface area (TPSA) is 15.3 Å². The molecule has 2 heteroatoms. The zero-order chi connectivity index (χ0) is 14.4. The molecule has 1 aliphatic heterocycles. The fraction of sp³-hybridized carbons (Fsp3) is 0.667. The molecule has 1 aromatic rings. The molecular formula is C18H30N2. The van der Waals surface area contributed by atoms with Gasteiger partial charge in [-0.1, -0.05) is 44.2 Å². The van der Waals surface area contributed by atoms with Crippen LogP contribution in [0.1, 0.15) is 51.5 Å². The molecule has 0 spiro atoms. The third kappa shape index (κ3) is 4.32. The smallest absolute Gasteiger partial charge is 0.0277 e. The molecule has 1 saturated heterocycles. The zero-order valence-corrected chi connectivity index (χ0v) is 13.4. The van der Waals surface area contributed by atoms with Gasteiger partial charge in [0.05, 0.1) is 0 Å². The molecule has 1 heterocycles. The van der Waals surface area contributed by atoms with E-state index in [1.807, 2.05) is 0 Å². The van der Waals surface area contributed by atoms with Crippen molar-refractivity contribution in [1.29, 1.82) is 0 Å². The number of nitrogens with zero attached hydrogens (tertiary/aromatic N) is 1. The van der Waals surface area contributed by atoms with Crippen LogP contribution in [0.25, 0.3) is 0 Å². The standard InChI is InChI=1S/C18H30N2/c1-4-18(3)15-20(13-8-12-19-18)14-11-16(2)17-9-6-5-7-10-17/h5-7,9-10,16,19H,4,8,11-15H2,1-3H3. The minimum Gasteiger partial charge on any atom is -0.310 e. The van der Waals surface area contributed by atoms with Gasteiger partial charge in [0.25, 0.3) is 0 Å². The first-order chi connectivity index (χ1) is 9.63. The molecular weight excluding hydrogens is 244 g/mol. The number of benzene rings is 1. The van der Waals surface area contributed by atoms with Gasteiger partial charge in [-0.2, -0.15) is 0 Å². The molecule has 0 aliphatic carbocycles. The average Bonchev–Trinajstić information content (AvgIpc) is 2.68. The van der Waals surface area contributed by atoms with E-state index in [1.165, 1.54) is 44.5 Å². The highest BCUT2D eigenvalue weighted by Gasteiger charge is 2.26. The molecule has 2 unspecified atom stereocenters. The van der Waals surface area contributed by atoms with Gasteiger partial charge >= 0.3 is 0 Å². The van der Waals surface area contributed by atoms with Crippen molar-refractivity contribution in [3.63, 3.8) is 0 Å². The lowest BCUT2D eigenvalue weighted by Gasteiger charge is -2.33. The summed E-state index contributed by atoms with van der Waals surface area (Å²) in [6.45, 7) is 11.8. The van der Waals surface area contributed by atoms with Gasteiger partial charge in [-0.15, -0.1) is 0 Å². The van der Waals surface area contributed by atoms with Crippen LogP contribution in [0.4, 0.5) is 0 Å². The van der Waals surface area contributed by atoms with E-state index in [2.05, 4.69) is 61.3 Å². The number of rotatable bonds is 5. The SMILES string of the molecule is CCC1(C)CN(CCC(C)c2ccccc2)CCCN1. The summed E-state index contributed by atoms with van der Waals surface area (Å²) in [6, 6.07) is 10.9. The Morgan fingerprint density at radius 1 is 1.30 bits per heavy atom. The molecule has 0 amide bonds. The third-order valence-electron chi connectivity index (χ3n) is 4.80. The Kier molecular flexibility index (Phi) is 5.62. The Morgan fingerprint density at radius 3 is 2.75 bits per heavy atom. The molecule has 2 nitrogen and oxygen atoms in total. The monoisotopic (exact) mass is 274 g/mol. The molecule has 1 N–H and O–H groups in total. The highest BCUT2D eigenvalue weighted by Crippen LogP contribution is 2.21. The van der Waals surface area contributed by atoms with Crippen LogP contribution in [0.5, 0.6) is 0 Å². The number of hydrogen-bond acceptors (Lipinski definition) is 2. The lowest BCUT2D eigenvalue weighted by Crippen LogP contribution is -2.48. The first-order valence-corrected chi connectivity index (χ1v) is 8.15. The molecule has 2 rings (SSSR count). The van der Waals surface area contributed by atoms with Gasteiger partial charge in [-0.3, -0.25) is 0 Å². The van der Waals surface area contributed by atoms with Gasteiger partial charge in [-0.05, 0) is 57.3 Å². The van der Waals surface area contributed by atoms with Crippen LogP contribution in [0, 0.1) is 0 Å². The summed E-state index contributed by atoms with van der Waals surface area (Å²) in [4.78, 5) is 2.66. The molecule has 0 radical (unpaired) electrons. The minimum atomic E-state index is 0.298. The van der Waals surface area contributed by atoms with Crippen LogP contribution in [0.15, 0.2) is 30.3 Å². The van der Waals surface area contributed by atoms with Gasteiger partial charge < -0.3 is 10.2 Å². The van der Waals surface area contributed by atoms with Crippen molar-refractivity contribution >= 4 is 0 Å². The van der Waals surface area contributed by atoms with E-state index >= 15 is 0 Å². The zero-order valence-electron chi connectivity index (χ0n) is 13.4. The van der Waals surface area contributed by atoms with E-state index in [4.69, 9.17) is 0 Å². The Hall–Kier alpha value is -0.860. The molecule has 0 bridgehead atoms. The first kappa shape index (κ1) is 15.5. The fourth-order valence-electron chi connectivity index (χ4n) is 3.07.